The summed E-state index contributed by atoms with van der Waals surface area (Å²) in [6.07, 6.45) is 22.0. The van der Waals surface area contributed by atoms with Gasteiger partial charge >= 0.3 is 0 Å². The zero-order chi connectivity index (χ0) is 27.9. The third kappa shape index (κ3) is 5.43. The number of para-hydroxylation sites is 2. The topological polar surface area (TPSA) is 35.6 Å². The minimum Gasteiger partial charge on any atom is -0.310 e. The fourth-order valence-corrected chi connectivity index (χ4v) is 5.05. The fraction of sp³-hybridized carbons (Fsp3) is 0.111. The van der Waals surface area contributed by atoms with E-state index in [1.807, 2.05) is 54.4 Å². The molecule has 0 spiro atoms. The summed E-state index contributed by atoms with van der Waals surface area (Å²) in [5.41, 5.74) is 8.28. The van der Waals surface area contributed by atoms with Gasteiger partial charge in [-0.1, -0.05) is 73.9 Å². The number of allylic oxidation sites excluding steroid dienone is 9. The molecule has 0 saturated carbocycles. The van der Waals surface area contributed by atoms with Crippen molar-refractivity contribution in [3.8, 4) is 5.69 Å². The molecule has 2 aromatic carbocycles. The average Bonchev–Trinajstić information content (AvgIpc) is 3.33. The van der Waals surface area contributed by atoms with Crippen molar-refractivity contribution in [2.24, 2.45) is 0 Å². The quantitative estimate of drug-likeness (QED) is 0.227. The lowest BCUT2D eigenvalue weighted by molar-refractivity contribution is 0.910. The maximum atomic E-state index is 5.04. The van der Waals surface area contributed by atoms with Gasteiger partial charge in [-0.05, 0) is 85.9 Å². The number of hydrogen-bond donors (Lipinski definition) is 0. The summed E-state index contributed by atoms with van der Waals surface area (Å²) in [5, 5.41) is 1.22. The normalized spacial score (nSPS) is 13.3. The lowest BCUT2D eigenvalue weighted by atomic mass is 10.0. The van der Waals surface area contributed by atoms with E-state index in [1.54, 1.807) is 6.20 Å². The largest absolute Gasteiger partial charge is 0.310 e. The number of rotatable bonds is 7. The van der Waals surface area contributed by atoms with Crippen molar-refractivity contribution in [1.29, 1.82) is 0 Å². The molecule has 4 heteroatoms. The van der Waals surface area contributed by atoms with Crippen LogP contribution >= 0.6 is 0 Å². The Morgan fingerprint density at radius 2 is 1.82 bits per heavy atom. The van der Waals surface area contributed by atoms with E-state index in [1.165, 1.54) is 10.9 Å². The van der Waals surface area contributed by atoms with Crippen LogP contribution in [-0.4, -0.2) is 19.1 Å². The van der Waals surface area contributed by atoms with Gasteiger partial charge in [0.25, 0.3) is 0 Å². The first-order valence-corrected chi connectivity index (χ1v) is 13.6. The smallest absolute Gasteiger partial charge is 0.141 e. The Bertz CT molecular complexity index is 1740. The molecular weight excluding hydrogens is 488 g/mol. The van der Waals surface area contributed by atoms with Crippen LogP contribution in [0.2, 0.25) is 0 Å². The molecule has 5 rings (SSSR count). The van der Waals surface area contributed by atoms with Gasteiger partial charge in [-0.3, -0.25) is 4.57 Å². The predicted octanol–water partition coefficient (Wildman–Crippen LogP) is 9.16. The van der Waals surface area contributed by atoms with E-state index in [0.717, 1.165) is 58.0 Å². The summed E-state index contributed by atoms with van der Waals surface area (Å²) in [6, 6.07) is 20.6. The summed E-state index contributed by atoms with van der Waals surface area (Å²) in [4.78, 5) is 9.66. The molecule has 40 heavy (non-hydrogen) atoms. The monoisotopic (exact) mass is 522 g/mol. The fourth-order valence-electron chi connectivity index (χ4n) is 5.05. The van der Waals surface area contributed by atoms with E-state index in [9.17, 15) is 0 Å². The minimum atomic E-state index is 0.817. The Kier molecular flexibility index (Phi) is 8.17. The first kappa shape index (κ1) is 26.6. The SMILES string of the molecule is C=C/C(=C\C(=C)c1ccncn(-c2ccccc2)c(C2=CC=CCC2)nc1)n1c(/C=C\C)c(C)c2ccccc21. The third-order valence-corrected chi connectivity index (χ3v) is 7.07. The van der Waals surface area contributed by atoms with E-state index >= 15 is 0 Å². The van der Waals surface area contributed by atoms with Crippen molar-refractivity contribution >= 4 is 33.8 Å². The highest BCUT2D eigenvalue weighted by molar-refractivity contribution is 5.93. The molecule has 4 nitrogen and oxygen atoms in total. The van der Waals surface area contributed by atoms with Crippen molar-refractivity contribution in [3.05, 3.63) is 152 Å². The molecule has 1 aliphatic rings. The van der Waals surface area contributed by atoms with Gasteiger partial charge in [-0.15, -0.1) is 0 Å². The second kappa shape index (κ2) is 12.3. The maximum absolute atomic E-state index is 5.04. The highest BCUT2D eigenvalue weighted by atomic mass is 15.1. The number of benzene rings is 2. The van der Waals surface area contributed by atoms with Crippen LogP contribution in [0.15, 0.2) is 129 Å². The van der Waals surface area contributed by atoms with Crippen LogP contribution in [0.3, 0.4) is 0 Å². The molecule has 0 atom stereocenters. The Labute approximate surface area is 236 Å². The van der Waals surface area contributed by atoms with E-state index in [-0.39, 0.29) is 0 Å². The molecule has 0 amide bonds. The van der Waals surface area contributed by atoms with Crippen LogP contribution in [0, 0.1) is 6.92 Å². The van der Waals surface area contributed by atoms with Crippen LogP contribution in [0.25, 0.3) is 39.5 Å². The molecule has 0 unspecified atom stereocenters. The molecule has 0 N–H and O–H groups in total. The van der Waals surface area contributed by atoms with Gasteiger partial charge < -0.3 is 4.57 Å². The number of nitrogens with zero attached hydrogens (tertiary/aromatic N) is 4. The molecular formula is C36H34N4. The zero-order valence-corrected chi connectivity index (χ0v) is 23.2. The van der Waals surface area contributed by atoms with Gasteiger partial charge in [0.1, 0.15) is 12.2 Å². The molecule has 0 aliphatic heterocycles. The molecule has 0 fully saturated rings. The van der Waals surface area contributed by atoms with Crippen LogP contribution in [0.1, 0.15) is 42.4 Å². The van der Waals surface area contributed by atoms with Crippen molar-refractivity contribution in [1.82, 2.24) is 19.1 Å². The van der Waals surface area contributed by atoms with E-state index in [4.69, 9.17) is 4.98 Å². The van der Waals surface area contributed by atoms with E-state index < -0.39 is 0 Å². The van der Waals surface area contributed by atoms with Gasteiger partial charge in [0.05, 0.1) is 5.52 Å². The Hall–Kier alpha value is -4.96. The predicted molar refractivity (Wildman–Crippen MR) is 170 cm³/mol. The summed E-state index contributed by atoms with van der Waals surface area (Å²) in [6.45, 7) is 12.8. The zero-order valence-electron chi connectivity index (χ0n) is 23.2. The average molecular weight is 523 g/mol. The molecule has 0 saturated heterocycles. The van der Waals surface area contributed by atoms with Crippen molar-refractivity contribution in [2.45, 2.75) is 26.7 Å². The number of aryl methyl sites for hydroxylation is 1. The molecule has 198 valence electrons. The van der Waals surface area contributed by atoms with Gasteiger partial charge in [-0.2, -0.15) is 0 Å². The van der Waals surface area contributed by atoms with Gasteiger partial charge in [0.15, 0.2) is 0 Å². The third-order valence-electron chi connectivity index (χ3n) is 7.07. The van der Waals surface area contributed by atoms with Crippen molar-refractivity contribution < 1.29 is 0 Å². The maximum Gasteiger partial charge on any atom is 0.141 e. The van der Waals surface area contributed by atoms with Crippen molar-refractivity contribution in [2.75, 3.05) is 0 Å². The Morgan fingerprint density at radius 3 is 2.58 bits per heavy atom. The molecule has 2 aromatic heterocycles. The number of aromatic nitrogens is 4. The number of hydrogen-bond acceptors (Lipinski definition) is 2. The summed E-state index contributed by atoms with van der Waals surface area (Å²) >= 11 is 0. The first-order chi connectivity index (χ1) is 19.6. The molecule has 1 aliphatic carbocycles. The summed E-state index contributed by atoms with van der Waals surface area (Å²) in [7, 11) is 0. The van der Waals surface area contributed by atoms with E-state index in [2.05, 4.69) is 102 Å². The first-order valence-electron chi connectivity index (χ1n) is 13.6. The van der Waals surface area contributed by atoms with Crippen LogP contribution in [0.5, 0.6) is 0 Å². The van der Waals surface area contributed by atoms with Crippen LogP contribution < -0.4 is 0 Å². The second-order valence-corrected chi connectivity index (χ2v) is 9.64. The molecule has 4 aromatic rings. The van der Waals surface area contributed by atoms with Gasteiger partial charge in [0, 0.05) is 40.4 Å². The van der Waals surface area contributed by atoms with Gasteiger partial charge in [0.2, 0.25) is 0 Å². The second-order valence-electron chi connectivity index (χ2n) is 9.64. The molecule has 0 radical (unpaired) electrons. The minimum absolute atomic E-state index is 0.817. The lowest BCUT2D eigenvalue weighted by Crippen LogP contribution is -2.05. The Balaban J connectivity index is 1.65. The van der Waals surface area contributed by atoms with Crippen molar-refractivity contribution in [3.63, 3.8) is 0 Å². The number of fused-ring (bicyclic) bond motifs is 1. The summed E-state index contributed by atoms with van der Waals surface area (Å²) in [5.74, 6) is 0.851. The van der Waals surface area contributed by atoms with E-state index in [0.29, 0.717) is 0 Å². The highest BCUT2D eigenvalue weighted by Gasteiger charge is 2.14. The molecule has 2 heterocycles. The summed E-state index contributed by atoms with van der Waals surface area (Å²) < 4.78 is 4.28. The van der Waals surface area contributed by atoms with Gasteiger partial charge in [-0.25, -0.2) is 9.97 Å². The van der Waals surface area contributed by atoms with Crippen LogP contribution in [0.4, 0.5) is 0 Å². The standard InChI is InChI=1S/C36H34N4/c1-5-15-34-28(4)33-20-13-14-21-35(33)40(34)31(6-2)24-27(3)30-22-23-37-26-39(32-18-11-8-12-19-32)36(38-25-30)29-16-9-7-10-17-29/h5-9,11-16,18-26H,2-3,10,17H2,1,4H3/b15-5-,23-22?,30-25?,31-24+,37-26?,38-36?. The lowest BCUT2D eigenvalue weighted by Gasteiger charge is -2.14. The highest BCUT2D eigenvalue weighted by Crippen LogP contribution is 2.31. The van der Waals surface area contributed by atoms with Crippen LogP contribution in [-0.2, 0) is 0 Å². The molecule has 0 bridgehead atoms. The Morgan fingerprint density at radius 1 is 1.02 bits per heavy atom.